The third kappa shape index (κ3) is 3.64. The number of ether oxygens (including phenoxy) is 1. The fourth-order valence-electron chi connectivity index (χ4n) is 1.93. The van der Waals surface area contributed by atoms with Gasteiger partial charge in [-0.1, -0.05) is 40.2 Å². The maximum atomic E-state index is 12.6. The number of nitrogens with zero attached hydrogens (tertiary/aromatic N) is 1. The zero-order chi connectivity index (χ0) is 15.5. The van der Waals surface area contributed by atoms with Crippen molar-refractivity contribution in [3.05, 3.63) is 58.6 Å². The lowest BCUT2D eigenvalue weighted by Crippen LogP contribution is -2.26. The molecule has 112 valence electrons. The molecule has 0 aromatic heterocycles. The summed E-state index contributed by atoms with van der Waals surface area (Å²) in [5, 5.41) is 0. The summed E-state index contributed by atoms with van der Waals surface area (Å²) in [4.78, 5) is 0.173. The second kappa shape index (κ2) is 6.60. The molecule has 0 heterocycles. The van der Waals surface area contributed by atoms with Gasteiger partial charge in [-0.3, -0.25) is 0 Å². The van der Waals surface area contributed by atoms with Crippen LogP contribution in [0, 0.1) is 0 Å². The molecule has 0 aliphatic carbocycles. The van der Waals surface area contributed by atoms with Crippen molar-refractivity contribution in [2.75, 3.05) is 14.2 Å². The highest BCUT2D eigenvalue weighted by atomic mass is 79.9. The quantitative estimate of drug-likeness (QED) is 0.812. The summed E-state index contributed by atoms with van der Waals surface area (Å²) in [5.74, 6) is 0.347. The van der Waals surface area contributed by atoms with Crippen molar-refractivity contribution in [1.29, 1.82) is 0 Å². The van der Waals surface area contributed by atoms with E-state index in [9.17, 15) is 8.42 Å². The first kappa shape index (κ1) is 16.0. The molecule has 4 nitrogen and oxygen atoms in total. The van der Waals surface area contributed by atoms with Crippen LogP contribution in [0.25, 0.3) is 0 Å². The van der Waals surface area contributed by atoms with Gasteiger partial charge in [-0.25, -0.2) is 8.42 Å². The molecule has 0 N–H and O–H groups in total. The molecule has 0 aliphatic rings. The van der Waals surface area contributed by atoms with Crippen molar-refractivity contribution >= 4 is 26.0 Å². The Labute approximate surface area is 133 Å². The Bertz CT molecular complexity index is 714. The van der Waals surface area contributed by atoms with Crippen LogP contribution in [0.15, 0.2) is 57.9 Å². The summed E-state index contributed by atoms with van der Waals surface area (Å²) in [6, 6.07) is 14.2. The molecular formula is C15H16BrNO3S. The summed E-state index contributed by atoms with van der Waals surface area (Å²) < 4.78 is 32.6. The van der Waals surface area contributed by atoms with Crippen molar-refractivity contribution in [2.24, 2.45) is 0 Å². The second-order valence-corrected chi connectivity index (χ2v) is 7.47. The van der Waals surface area contributed by atoms with E-state index in [-0.39, 0.29) is 4.90 Å². The number of sulfonamides is 1. The minimum Gasteiger partial charge on any atom is -0.495 e. The Hall–Kier alpha value is -1.37. The molecular weight excluding hydrogens is 354 g/mol. The number of benzene rings is 2. The minimum atomic E-state index is -3.59. The third-order valence-corrected chi connectivity index (χ3v) is 5.45. The number of rotatable bonds is 5. The molecule has 0 atom stereocenters. The van der Waals surface area contributed by atoms with Crippen molar-refractivity contribution in [3.63, 3.8) is 0 Å². The summed E-state index contributed by atoms with van der Waals surface area (Å²) in [5.41, 5.74) is 0.916. The smallest absolute Gasteiger partial charge is 0.246 e. The summed E-state index contributed by atoms with van der Waals surface area (Å²) in [6.45, 7) is 0.299. The number of halogens is 1. The van der Waals surface area contributed by atoms with Gasteiger partial charge in [0, 0.05) is 18.1 Å². The van der Waals surface area contributed by atoms with Crippen LogP contribution in [0.4, 0.5) is 0 Å². The van der Waals surface area contributed by atoms with E-state index in [0.29, 0.717) is 12.3 Å². The fourth-order valence-corrected chi connectivity index (χ4v) is 3.51. The molecule has 0 amide bonds. The van der Waals surface area contributed by atoms with Crippen LogP contribution in [0.1, 0.15) is 5.56 Å². The molecule has 0 saturated heterocycles. The van der Waals surface area contributed by atoms with Crippen LogP contribution in [0.3, 0.4) is 0 Å². The van der Waals surface area contributed by atoms with Crippen LogP contribution >= 0.6 is 15.9 Å². The second-order valence-electron chi connectivity index (χ2n) is 4.54. The molecule has 0 unspecified atom stereocenters. The highest BCUT2D eigenvalue weighted by Gasteiger charge is 2.24. The molecule has 2 rings (SSSR count). The van der Waals surface area contributed by atoms with Gasteiger partial charge in [-0.15, -0.1) is 0 Å². The van der Waals surface area contributed by atoms with Gasteiger partial charge in [-0.2, -0.15) is 4.31 Å². The van der Waals surface area contributed by atoms with E-state index in [1.54, 1.807) is 31.3 Å². The molecule has 0 fully saturated rings. The normalized spacial score (nSPS) is 11.6. The van der Waals surface area contributed by atoms with Gasteiger partial charge in [0.15, 0.2) is 0 Å². The van der Waals surface area contributed by atoms with E-state index in [4.69, 9.17) is 4.74 Å². The van der Waals surface area contributed by atoms with Crippen molar-refractivity contribution in [3.8, 4) is 5.75 Å². The first-order valence-electron chi connectivity index (χ1n) is 6.29. The summed E-state index contributed by atoms with van der Waals surface area (Å²) >= 11 is 3.36. The van der Waals surface area contributed by atoms with Crippen molar-refractivity contribution < 1.29 is 13.2 Å². The molecule has 0 radical (unpaired) electrons. The highest BCUT2D eigenvalue weighted by Crippen LogP contribution is 2.26. The van der Waals surface area contributed by atoms with E-state index < -0.39 is 10.0 Å². The zero-order valence-electron chi connectivity index (χ0n) is 11.8. The SMILES string of the molecule is COc1ccccc1S(=O)(=O)N(C)Cc1ccc(Br)cc1. The standard InChI is InChI=1S/C15H16BrNO3S/c1-17(11-12-7-9-13(16)10-8-12)21(18,19)15-6-4-3-5-14(15)20-2/h3-10H,11H2,1-2H3. The van der Waals surface area contributed by atoms with Crippen LogP contribution in [-0.2, 0) is 16.6 Å². The van der Waals surface area contributed by atoms with Gasteiger partial charge >= 0.3 is 0 Å². The molecule has 2 aromatic rings. The third-order valence-electron chi connectivity index (χ3n) is 3.08. The predicted molar refractivity (Wildman–Crippen MR) is 85.8 cm³/mol. The van der Waals surface area contributed by atoms with Gasteiger partial charge in [0.05, 0.1) is 7.11 Å². The van der Waals surface area contributed by atoms with Crippen molar-refractivity contribution in [2.45, 2.75) is 11.4 Å². The first-order valence-corrected chi connectivity index (χ1v) is 8.52. The molecule has 21 heavy (non-hydrogen) atoms. The van der Waals surface area contributed by atoms with Crippen LogP contribution in [0.5, 0.6) is 5.75 Å². The zero-order valence-corrected chi connectivity index (χ0v) is 14.2. The van der Waals surface area contributed by atoms with Gasteiger partial charge in [-0.05, 0) is 29.8 Å². The van der Waals surface area contributed by atoms with Gasteiger partial charge < -0.3 is 4.74 Å². The maximum Gasteiger partial charge on any atom is 0.246 e. The Balaban J connectivity index is 2.28. The van der Waals surface area contributed by atoms with Crippen LogP contribution in [0.2, 0.25) is 0 Å². The van der Waals surface area contributed by atoms with Crippen LogP contribution < -0.4 is 4.74 Å². The summed E-state index contributed by atoms with van der Waals surface area (Å²) in [6.07, 6.45) is 0. The number of hydrogen-bond donors (Lipinski definition) is 0. The Kier molecular flexibility index (Phi) is 5.03. The average molecular weight is 370 g/mol. The number of methoxy groups -OCH3 is 1. The molecule has 0 spiro atoms. The van der Waals surface area contributed by atoms with E-state index >= 15 is 0 Å². The largest absolute Gasteiger partial charge is 0.495 e. The Morgan fingerprint density at radius 3 is 2.33 bits per heavy atom. The summed E-state index contributed by atoms with van der Waals surface area (Å²) in [7, 11) is -0.573. The van der Waals surface area contributed by atoms with Gasteiger partial charge in [0.25, 0.3) is 0 Å². The first-order chi connectivity index (χ1) is 9.95. The highest BCUT2D eigenvalue weighted by molar-refractivity contribution is 9.10. The van der Waals surface area contributed by atoms with E-state index in [2.05, 4.69) is 15.9 Å². The molecule has 0 bridgehead atoms. The number of para-hydroxylation sites is 1. The lowest BCUT2D eigenvalue weighted by Gasteiger charge is -2.19. The fraction of sp³-hybridized carbons (Fsp3) is 0.200. The topological polar surface area (TPSA) is 46.6 Å². The van der Waals surface area contributed by atoms with Crippen LogP contribution in [-0.4, -0.2) is 26.9 Å². The average Bonchev–Trinajstić information content (AvgIpc) is 2.49. The number of hydrogen-bond acceptors (Lipinski definition) is 3. The molecule has 0 saturated carbocycles. The van der Waals surface area contributed by atoms with E-state index in [0.717, 1.165) is 10.0 Å². The minimum absolute atomic E-state index is 0.173. The molecule has 2 aromatic carbocycles. The molecule has 6 heteroatoms. The van der Waals surface area contributed by atoms with E-state index in [1.807, 2.05) is 24.3 Å². The Morgan fingerprint density at radius 1 is 1.10 bits per heavy atom. The van der Waals surface area contributed by atoms with Gasteiger partial charge in [0.2, 0.25) is 10.0 Å². The predicted octanol–water partition coefficient (Wildman–Crippen LogP) is 3.28. The van der Waals surface area contributed by atoms with Gasteiger partial charge in [0.1, 0.15) is 10.6 Å². The lowest BCUT2D eigenvalue weighted by atomic mass is 10.2. The molecule has 0 aliphatic heterocycles. The lowest BCUT2D eigenvalue weighted by molar-refractivity contribution is 0.397. The monoisotopic (exact) mass is 369 g/mol. The van der Waals surface area contributed by atoms with E-state index in [1.165, 1.54) is 11.4 Å². The Morgan fingerprint density at radius 2 is 1.71 bits per heavy atom. The maximum absolute atomic E-state index is 12.6. The van der Waals surface area contributed by atoms with Crippen molar-refractivity contribution in [1.82, 2.24) is 4.31 Å².